The molecular formula is C25H17Cl2FN4O4. The van der Waals surface area contributed by atoms with Crippen molar-refractivity contribution in [2.75, 3.05) is 21.3 Å². The predicted molar refractivity (Wildman–Crippen MR) is 136 cm³/mol. The summed E-state index contributed by atoms with van der Waals surface area (Å²) >= 11 is 13.4. The molecule has 0 saturated carbocycles. The van der Waals surface area contributed by atoms with Crippen molar-refractivity contribution in [1.29, 1.82) is 0 Å². The Hall–Kier alpha value is -3.95. The van der Waals surface area contributed by atoms with Gasteiger partial charge in [0.05, 0.1) is 42.6 Å². The van der Waals surface area contributed by atoms with Crippen molar-refractivity contribution in [2.45, 2.75) is 0 Å². The molecule has 36 heavy (non-hydrogen) atoms. The largest absolute Gasteiger partial charge is 0.496 e. The van der Waals surface area contributed by atoms with Crippen LogP contribution in [0.25, 0.3) is 38.9 Å². The monoisotopic (exact) mass is 526 g/mol. The minimum atomic E-state index is -0.782. The maximum atomic E-state index is 14.1. The van der Waals surface area contributed by atoms with E-state index >= 15 is 0 Å². The van der Waals surface area contributed by atoms with Crippen LogP contribution in [0.4, 0.5) is 10.1 Å². The molecule has 0 aliphatic carbocycles. The number of aromatic nitrogens is 3. The molecule has 5 rings (SSSR count). The molecular weight excluding hydrogens is 510 g/mol. The number of rotatable bonds is 6. The first kappa shape index (κ1) is 23.8. The van der Waals surface area contributed by atoms with E-state index in [4.69, 9.17) is 37.4 Å². The fourth-order valence-electron chi connectivity index (χ4n) is 4.13. The highest BCUT2D eigenvalue weighted by atomic mass is 35.5. The molecule has 3 aromatic heterocycles. The Morgan fingerprint density at radius 2 is 1.58 bits per heavy atom. The molecule has 0 atom stereocenters. The van der Waals surface area contributed by atoms with Crippen molar-refractivity contribution >= 4 is 45.4 Å². The molecule has 0 spiro atoms. The Morgan fingerprint density at radius 3 is 2.22 bits per heavy atom. The van der Waals surface area contributed by atoms with Crippen LogP contribution in [0.5, 0.6) is 17.2 Å². The van der Waals surface area contributed by atoms with Crippen molar-refractivity contribution in [3.63, 3.8) is 0 Å². The van der Waals surface area contributed by atoms with Crippen LogP contribution >= 0.6 is 23.2 Å². The molecule has 8 nitrogen and oxygen atoms in total. The molecule has 0 fully saturated rings. The van der Waals surface area contributed by atoms with Gasteiger partial charge in [0, 0.05) is 52.8 Å². The van der Waals surface area contributed by atoms with Crippen LogP contribution in [0.3, 0.4) is 0 Å². The zero-order valence-corrected chi connectivity index (χ0v) is 20.7. The summed E-state index contributed by atoms with van der Waals surface area (Å²) in [6.45, 7) is 0. The van der Waals surface area contributed by atoms with E-state index in [1.165, 1.54) is 27.4 Å². The van der Waals surface area contributed by atoms with Crippen LogP contribution in [0.2, 0.25) is 10.0 Å². The Bertz CT molecular complexity index is 1640. The summed E-state index contributed by atoms with van der Waals surface area (Å²) in [6.07, 6.45) is 5.07. The van der Waals surface area contributed by atoms with Crippen LogP contribution < -0.4 is 14.2 Å². The number of nitrogens with zero attached hydrogens (tertiary/aromatic N) is 4. The molecule has 182 valence electrons. The van der Waals surface area contributed by atoms with Crippen molar-refractivity contribution in [3.8, 4) is 39.6 Å². The van der Waals surface area contributed by atoms with Crippen LogP contribution in [0.15, 0.2) is 54.1 Å². The second-order valence-electron chi connectivity index (χ2n) is 7.69. The molecule has 0 radical (unpaired) electrons. The lowest BCUT2D eigenvalue weighted by molar-refractivity contribution is 0.395. The SMILES string of the molecule is COc1cc(F)c(N=O)cc1-c1cc2c(cn1)cc(-c1c(Cl)c(OC)cc(OC)c1Cl)c1nccn12. The first-order chi connectivity index (χ1) is 17.4. The number of methoxy groups -OCH3 is 3. The van der Waals surface area contributed by atoms with E-state index in [1.54, 1.807) is 30.7 Å². The molecule has 3 heterocycles. The van der Waals surface area contributed by atoms with Gasteiger partial charge in [-0.25, -0.2) is 9.37 Å². The number of benzene rings is 2. The average Bonchev–Trinajstić information content (AvgIpc) is 3.39. The van der Waals surface area contributed by atoms with E-state index < -0.39 is 5.82 Å². The topological polar surface area (TPSA) is 87.3 Å². The van der Waals surface area contributed by atoms with Gasteiger partial charge >= 0.3 is 0 Å². The summed E-state index contributed by atoms with van der Waals surface area (Å²) in [4.78, 5) is 20.1. The van der Waals surface area contributed by atoms with Crippen LogP contribution in [-0.2, 0) is 0 Å². The summed E-state index contributed by atoms with van der Waals surface area (Å²) in [7, 11) is 4.42. The highest BCUT2D eigenvalue weighted by Gasteiger charge is 2.23. The second-order valence-corrected chi connectivity index (χ2v) is 8.44. The zero-order valence-electron chi connectivity index (χ0n) is 19.2. The lowest BCUT2D eigenvalue weighted by Crippen LogP contribution is -1.98. The van der Waals surface area contributed by atoms with Crippen LogP contribution in [-0.4, -0.2) is 35.7 Å². The molecule has 11 heteroatoms. The summed E-state index contributed by atoms with van der Waals surface area (Å²) in [6, 6.07) is 7.67. The van der Waals surface area contributed by atoms with Gasteiger partial charge in [0.15, 0.2) is 5.82 Å². The van der Waals surface area contributed by atoms with Crippen molar-refractivity contribution in [2.24, 2.45) is 5.18 Å². The molecule has 0 amide bonds. The Labute approximate surface area is 214 Å². The van der Waals surface area contributed by atoms with E-state index in [0.29, 0.717) is 49.6 Å². The Morgan fingerprint density at radius 1 is 0.889 bits per heavy atom. The van der Waals surface area contributed by atoms with Crippen LogP contribution in [0.1, 0.15) is 0 Å². The first-order valence-corrected chi connectivity index (χ1v) is 11.2. The predicted octanol–water partition coefficient (Wildman–Crippen LogP) is 7.09. The van der Waals surface area contributed by atoms with E-state index in [-0.39, 0.29) is 11.4 Å². The normalized spacial score (nSPS) is 11.2. The highest BCUT2D eigenvalue weighted by Crippen LogP contribution is 2.47. The fraction of sp³-hybridized carbons (Fsp3) is 0.120. The summed E-state index contributed by atoms with van der Waals surface area (Å²) in [5.41, 5.74) is 2.97. The molecule has 0 bridgehead atoms. The minimum absolute atomic E-state index is 0.215. The lowest BCUT2D eigenvalue weighted by Gasteiger charge is -2.16. The summed E-state index contributed by atoms with van der Waals surface area (Å²) in [5.74, 6) is 0.228. The van der Waals surface area contributed by atoms with Crippen molar-refractivity contribution < 1.29 is 18.6 Å². The van der Waals surface area contributed by atoms with Crippen molar-refractivity contribution in [1.82, 2.24) is 14.4 Å². The van der Waals surface area contributed by atoms with Gasteiger partial charge in [0.2, 0.25) is 0 Å². The number of imidazole rings is 1. The van der Waals surface area contributed by atoms with Gasteiger partial charge in [-0.15, -0.1) is 4.91 Å². The fourth-order valence-corrected chi connectivity index (χ4v) is 4.83. The Kier molecular flexibility index (Phi) is 6.11. The molecule has 0 aliphatic heterocycles. The van der Waals surface area contributed by atoms with E-state index in [9.17, 15) is 9.30 Å². The third kappa shape index (κ3) is 3.68. The van der Waals surface area contributed by atoms with Gasteiger partial charge in [0.25, 0.3) is 0 Å². The lowest BCUT2D eigenvalue weighted by atomic mass is 10.0. The van der Waals surface area contributed by atoms with Crippen LogP contribution in [0, 0.1) is 10.7 Å². The number of pyridine rings is 2. The van der Waals surface area contributed by atoms with Gasteiger partial charge in [-0.05, 0) is 23.4 Å². The second kappa shape index (κ2) is 9.25. The number of ether oxygens (including phenoxy) is 3. The smallest absolute Gasteiger partial charge is 0.156 e. The van der Waals surface area contributed by atoms with Gasteiger partial charge < -0.3 is 14.2 Å². The van der Waals surface area contributed by atoms with Crippen molar-refractivity contribution in [3.05, 3.63) is 69.7 Å². The number of nitroso groups, excluding NO2 is 1. The van der Waals surface area contributed by atoms with Gasteiger partial charge in [-0.2, -0.15) is 0 Å². The average molecular weight is 527 g/mol. The molecule has 0 unspecified atom stereocenters. The quantitative estimate of drug-likeness (QED) is 0.219. The third-order valence-electron chi connectivity index (χ3n) is 5.84. The third-order valence-corrected chi connectivity index (χ3v) is 6.59. The standard InChI is InChI=1S/C25H17Cl2FN4O4/c1-34-19-8-15(28)17(31-33)7-13(19)16-9-18-12(11-30-16)6-14(25-29-4-5-32(18)25)22-23(26)20(35-2)10-21(36-3)24(22)27/h4-11H,1-3H3. The number of hydrogen-bond acceptors (Lipinski definition) is 7. The molecule has 2 aromatic carbocycles. The molecule has 0 saturated heterocycles. The Balaban J connectivity index is 1.79. The maximum Gasteiger partial charge on any atom is 0.156 e. The zero-order chi connectivity index (χ0) is 25.6. The highest BCUT2D eigenvalue weighted by molar-refractivity contribution is 6.41. The van der Waals surface area contributed by atoms with Gasteiger partial charge in [-0.3, -0.25) is 9.38 Å². The summed E-state index contributed by atoms with van der Waals surface area (Å²) < 4.78 is 32.1. The number of fused-ring (bicyclic) bond motifs is 3. The first-order valence-electron chi connectivity index (χ1n) is 10.5. The molecule has 0 aliphatic rings. The minimum Gasteiger partial charge on any atom is -0.496 e. The van der Waals surface area contributed by atoms with E-state index in [1.807, 2.05) is 10.5 Å². The molecule has 0 N–H and O–H groups in total. The van der Waals surface area contributed by atoms with E-state index in [2.05, 4.69) is 15.1 Å². The number of hydrogen-bond donors (Lipinski definition) is 0. The van der Waals surface area contributed by atoms with E-state index in [0.717, 1.165) is 17.0 Å². The van der Waals surface area contributed by atoms with Gasteiger partial charge in [-0.1, -0.05) is 23.2 Å². The maximum absolute atomic E-state index is 14.1. The summed E-state index contributed by atoms with van der Waals surface area (Å²) in [5, 5.41) is 4.11. The molecule has 5 aromatic rings. The van der Waals surface area contributed by atoms with Gasteiger partial charge in [0.1, 0.15) is 28.6 Å². The number of halogens is 3.